The summed E-state index contributed by atoms with van der Waals surface area (Å²) in [5.41, 5.74) is 1.32. The third kappa shape index (κ3) is 5.48. The van der Waals surface area contributed by atoms with Gasteiger partial charge in [0.05, 0.1) is 10.6 Å². The van der Waals surface area contributed by atoms with Crippen molar-refractivity contribution in [2.24, 2.45) is 11.8 Å². The Morgan fingerprint density at radius 2 is 1.74 bits per heavy atom. The van der Waals surface area contributed by atoms with E-state index < -0.39 is 10.0 Å². The third-order valence-electron chi connectivity index (χ3n) is 7.45. The van der Waals surface area contributed by atoms with Crippen LogP contribution >= 0.6 is 11.6 Å². The van der Waals surface area contributed by atoms with Crippen LogP contribution in [0.5, 0.6) is 5.75 Å². The summed E-state index contributed by atoms with van der Waals surface area (Å²) in [5.74, 6) is 0.360. The van der Waals surface area contributed by atoms with E-state index in [4.69, 9.17) is 16.3 Å². The van der Waals surface area contributed by atoms with E-state index in [0.29, 0.717) is 55.7 Å². The summed E-state index contributed by atoms with van der Waals surface area (Å²) in [5, 5.41) is 0.663. The highest BCUT2D eigenvalue weighted by molar-refractivity contribution is 7.89. The van der Waals surface area contributed by atoms with Crippen LogP contribution in [0.2, 0.25) is 5.02 Å². The summed E-state index contributed by atoms with van der Waals surface area (Å²) >= 11 is 6.12. The molecule has 2 saturated heterocycles. The zero-order chi connectivity index (χ0) is 27.0. The lowest BCUT2D eigenvalue weighted by Gasteiger charge is -2.38. The van der Waals surface area contributed by atoms with Gasteiger partial charge in [0.15, 0.2) is 6.61 Å². The number of carbonyl (C=O) groups excluding carboxylic acids is 2. The van der Waals surface area contributed by atoms with Gasteiger partial charge in [-0.25, -0.2) is 8.42 Å². The van der Waals surface area contributed by atoms with Gasteiger partial charge in [-0.3, -0.25) is 14.5 Å². The molecule has 0 aliphatic carbocycles. The minimum Gasteiger partial charge on any atom is -0.482 e. The van der Waals surface area contributed by atoms with Gasteiger partial charge in [-0.1, -0.05) is 31.5 Å². The van der Waals surface area contributed by atoms with E-state index in [1.54, 1.807) is 11.0 Å². The van der Waals surface area contributed by atoms with Gasteiger partial charge in [0.2, 0.25) is 15.9 Å². The van der Waals surface area contributed by atoms with Crippen molar-refractivity contribution in [3.05, 3.63) is 47.5 Å². The van der Waals surface area contributed by atoms with Crippen molar-refractivity contribution in [2.75, 3.05) is 62.2 Å². The Kier molecular flexibility index (Phi) is 7.57. The maximum absolute atomic E-state index is 13.5. The Morgan fingerprint density at radius 1 is 1.03 bits per heavy atom. The molecule has 2 aromatic rings. The smallest absolute Gasteiger partial charge is 0.265 e. The number of sulfonamides is 1. The molecule has 2 fully saturated rings. The number of hydrogen-bond acceptors (Lipinski definition) is 6. The Labute approximate surface area is 228 Å². The molecule has 0 radical (unpaired) electrons. The number of nitrogens with zero attached hydrogens (tertiary/aromatic N) is 4. The zero-order valence-electron chi connectivity index (χ0n) is 21.7. The van der Waals surface area contributed by atoms with E-state index in [1.165, 1.54) is 21.3 Å². The number of halogens is 1. The number of hydrogen-bond donors (Lipinski definition) is 0. The standard InChI is InChI=1S/C27H33ClN4O5S/c1-19-12-20(2)16-31(15-19)38(35,36)23-6-7-25-24(14-23)32(27(34)18-37-25)17-26(33)30-10-8-29(9-11-30)22-5-3-4-21(28)13-22/h3-7,13-14,19-20H,8-12,15-18H2,1-2H3/t19-,20-/m0/s1. The number of fused-ring (bicyclic) bond motifs is 1. The summed E-state index contributed by atoms with van der Waals surface area (Å²) in [6.45, 7) is 6.98. The molecule has 0 unspecified atom stereocenters. The molecule has 5 rings (SSSR count). The van der Waals surface area contributed by atoms with E-state index in [1.807, 2.05) is 24.3 Å². The second-order valence-corrected chi connectivity index (χ2v) is 12.9. The molecular weight excluding hydrogens is 528 g/mol. The minimum absolute atomic E-state index is 0.100. The second kappa shape index (κ2) is 10.7. The predicted octanol–water partition coefficient (Wildman–Crippen LogP) is 3.08. The van der Waals surface area contributed by atoms with Crippen LogP contribution < -0.4 is 14.5 Å². The lowest BCUT2D eigenvalue weighted by atomic mass is 9.94. The molecule has 3 aliphatic rings. The van der Waals surface area contributed by atoms with E-state index in [9.17, 15) is 18.0 Å². The number of amides is 2. The lowest BCUT2D eigenvalue weighted by molar-refractivity contribution is -0.132. The fourth-order valence-corrected chi connectivity index (χ4v) is 7.47. The molecule has 0 bridgehead atoms. The normalized spacial score (nSPS) is 22.7. The maximum Gasteiger partial charge on any atom is 0.265 e. The molecule has 2 amide bonds. The van der Waals surface area contributed by atoms with E-state index in [-0.39, 0.29) is 41.7 Å². The first-order valence-electron chi connectivity index (χ1n) is 13.0. The summed E-state index contributed by atoms with van der Waals surface area (Å²) in [6.07, 6.45) is 0.988. The van der Waals surface area contributed by atoms with Crippen LogP contribution in [0.3, 0.4) is 0 Å². The van der Waals surface area contributed by atoms with Crippen LogP contribution in [0.25, 0.3) is 0 Å². The largest absolute Gasteiger partial charge is 0.482 e. The van der Waals surface area contributed by atoms with Crippen molar-refractivity contribution in [1.29, 1.82) is 0 Å². The van der Waals surface area contributed by atoms with Gasteiger partial charge in [-0.05, 0) is 54.7 Å². The van der Waals surface area contributed by atoms with Crippen LogP contribution in [-0.2, 0) is 19.6 Å². The molecule has 11 heteroatoms. The summed E-state index contributed by atoms with van der Waals surface area (Å²) in [4.78, 5) is 31.4. The molecule has 3 aliphatic heterocycles. The fraction of sp³-hybridized carbons (Fsp3) is 0.481. The predicted molar refractivity (Wildman–Crippen MR) is 146 cm³/mol. The Bertz CT molecular complexity index is 1320. The average molecular weight is 561 g/mol. The van der Waals surface area contributed by atoms with Crippen LogP contribution in [0.1, 0.15) is 20.3 Å². The number of piperazine rings is 1. The molecule has 38 heavy (non-hydrogen) atoms. The Balaban J connectivity index is 1.31. The average Bonchev–Trinajstić information content (AvgIpc) is 2.89. The monoisotopic (exact) mass is 560 g/mol. The molecular formula is C27H33ClN4O5S. The van der Waals surface area contributed by atoms with Crippen molar-refractivity contribution in [3.63, 3.8) is 0 Å². The number of anilines is 2. The number of benzene rings is 2. The molecule has 0 spiro atoms. The molecule has 2 aromatic carbocycles. The van der Waals surface area contributed by atoms with Crippen molar-refractivity contribution < 1.29 is 22.7 Å². The van der Waals surface area contributed by atoms with E-state index in [0.717, 1.165) is 12.1 Å². The first kappa shape index (κ1) is 26.8. The zero-order valence-corrected chi connectivity index (χ0v) is 23.2. The van der Waals surface area contributed by atoms with Gasteiger partial charge in [0, 0.05) is 50.0 Å². The van der Waals surface area contributed by atoms with Crippen molar-refractivity contribution in [1.82, 2.24) is 9.21 Å². The maximum atomic E-state index is 13.5. The quantitative estimate of drug-likeness (QED) is 0.558. The van der Waals surface area contributed by atoms with Gasteiger partial charge in [-0.15, -0.1) is 0 Å². The summed E-state index contributed by atoms with van der Waals surface area (Å²) in [7, 11) is -3.76. The second-order valence-electron chi connectivity index (χ2n) is 10.5. The van der Waals surface area contributed by atoms with Gasteiger partial charge in [0.1, 0.15) is 12.3 Å². The van der Waals surface area contributed by atoms with Crippen molar-refractivity contribution in [2.45, 2.75) is 25.2 Å². The van der Waals surface area contributed by atoms with Gasteiger partial charge < -0.3 is 14.5 Å². The molecule has 0 aromatic heterocycles. The van der Waals surface area contributed by atoms with Gasteiger partial charge in [-0.2, -0.15) is 4.31 Å². The number of rotatable bonds is 5. The Hall–Kier alpha value is -2.82. The fourth-order valence-electron chi connectivity index (χ4n) is 5.59. The molecule has 9 nitrogen and oxygen atoms in total. The van der Waals surface area contributed by atoms with Gasteiger partial charge >= 0.3 is 0 Å². The van der Waals surface area contributed by atoms with Crippen LogP contribution in [0.4, 0.5) is 11.4 Å². The Morgan fingerprint density at radius 3 is 2.42 bits per heavy atom. The summed E-state index contributed by atoms with van der Waals surface area (Å²) < 4.78 is 34.1. The first-order chi connectivity index (χ1) is 18.1. The van der Waals surface area contributed by atoms with Crippen molar-refractivity contribution in [3.8, 4) is 5.75 Å². The highest BCUT2D eigenvalue weighted by atomic mass is 35.5. The first-order valence-corrected chi connectivity index (χ1v) is 14.8. The molecule has 204 valence electrons. The molecule has 0 saturated carbocycles. The van der Waals surface area contributed by atoms with E-state index in [2.05, 4.69) is 18.7 Å². The van der Waals surface area contributed by atoms with Gasteiger partial charge in [0.25, 0.3) is 5.91 Å². The molecule has 3 heterocycles. The van der Waals surface area contributed by atoms with E-state index >= 15 is 0 Å². The highest BCUT2D eigenvalue weighted by Gasteiger charge is 2.35. The van der Waals surface area contributed by atoms with Crippen LogP contribution in [-0.4, -0.2) is 81.9 Å². The summed E-state index contributed by atoms with van der Waals surface area (Å²) in [6, 6.07) is 12.2. The molecule has 0 N–H and O–H groups in total. The molecule has 2 atom stereocenters. The van der Waals surface area contributed by atoms with Crippen LogP contribution in [0, 0.1) is 11.8 Å². The highest BCUT2D eigenvalue weighted by Crippen LogP contribution is 2.36. The number of ether oxygens (including phenoxy) is 1. The number of carbonyl (C=O) groups is 2. The minimum atomic E-state index is -3.76. The number of piperidine rings is 1. The lowest BCUT2D eigenvalue weighted by Crippen LogP contribution is -2.53. The van der Waals surface area contributed by atoms with Crippen LogP contribution in [0.15, 0.2) is 47.4 Å². The van der Waals surface area contributed by atoms with Crippen molar-refractivity contribution >= 4 is 44.8 Å². The SMILES string of the molecule is C[C@H]1C[C@H](C)CN(S(=O)(=O)c2ccc3c(c2)N(CC(=O)N2CCN(c4cccc(Cl)c4)CC2)C(=O)CO3)C1. The third-order valence-corrected chi connectivity index (χ3v) is 9.51. The topological polar surface area (TPSA) is 90.5 Å².